The van der Waals surface area contributed by atoms with Crippen LogP contribution in [0.4, 0.5) is 5.69 Å². The number of rotatable bonds is 16. The molecule has 0 fully saturated rings. The van der Waals surface area contributed by atoms with Gasteiger partial charge < -0.3 is 14.8 Å². The van der Waals surface area contributed by atoms with Crippen LogP contribution in [0.2, 0.25) is 0 Å². The van der Waals surface area contributed by atoms with Crippen LogP contribution in [0.3, 0.4) is 0 Å². The van der Waals surface area contributed by atoms with E-state index in [0.717, 1.165) is 44.3 Å². The standard InChI is InChI=1S/C26H39NO4/c1-3-31-26(29)23-18-20-24(21-19-23)27-22-16-14-12-10-8-6-4-5-7-9-11-13-15-17-25(28)30-2/h18-21,27H,3-9,11,13-17,22H2,1-2H3. The molecule has 1 aromatic rings. The van der Waals surface area contributed by atoms with Crippen molar-refractivity contribution in [3.05, 3.63) is 29.8 Å². The molecule has 5 nitrogen and oxygen atoms in total. The van der Waals surface area contributed by atoms with Gasteiger partial charge in [0.25, 0.3) is 0 Å². The third-order valence-corrected chi connectivity index (χ3v) is 4.99. The van der Waals surface area contributed by atoms with Crippen molar-refractivity contribution in [2.24, 2.45) is 0 Å². The van der Waals surface area contributed by atoms with Crippen molar-refractivity contribution in [1.29, 1.82) is 0 Å². The van der Waals surface area contributed by atoms with Gasteiger partial charge in [0.05, 0.1) is 19.3 Å². The van der Waals surface area contributed by atoms with Gasteiger partial charge in [0.2, 0.25) is 0 Å². The van der Waals surface area contributed by atoms with Crippen LogP contribution < -0.4 is 5.32 Å². The third kappa shape index (κ3) is 14.2. The summed E-state index contributed by atoms with van der Waals surface area (Å²) in [6.45, 7) is 3.06. The first-order valence-corrected chi connectivity index (χ1v) is 11.7. The first-order chi connectivity index (χ1) is 15.2. The molecule has 0 heterocycles. The second kappa shape index (κ2) is 18.3. The van der Waals surface area contributed by atoms with Gasteiger partial charge in [-0.05, 0) is 50.5 Å². The molecule has 0 atom stereocenters. The van der Waals surface area contributed by atoms with Crippen molar-refractivity contribution in [2.75, 3.05) is 25.6 Å². The van der Waals surface area contributed by atoms with Gasteiger partial charge in [0.15, 0.2) is 0 Å². The normalized spacial score (nSPS) is 10.1. The van der Waals surface area contributed by atoms with Crippen molar-refractivity contribution in [3.8, 4) is 11.8 Å². The first kappa shape index (κ1) is 26.6. The highest BCUT2D eigenvalue weighted by Crippen LogP contribution is 2.12. The van der Waals surface area contributed by atoms with Crippen molar-refractivity contribution < 1.29 is 19.1 Å². The summed E-state index contributed by atoms with van der Waals surface area (Å²) in [5.74, 6) is 6.16. The average Bonchev–Trinajstić information content (AvgIpc) is 2.79. The summed E-state index contributed by atoms with van der Waals surface area (Å²) >= 11 is 0. The molecule has 0 aliphatic carbocycles. The van der Waals surface area contributed by atoms with Crippen molar-refractivity contribution in [2.45, 2.75) is 84.0 Å². The minimum absolute atomic E-state index is 0.0977. The van der Waals surface area contributed by atoms with Gasteiger partial charge in [-0.1, -0.05) is 38.5 Å². The van der Waals surface area contributed by atoms with E-state index in [4.69, 9.17) is 4.74 Å². The van der Waals surface area contributed by atoms with Gasteiger partial charge in [0, 0.05) is 31.5 Å². The molecule has 0 amide bonds. The Morgan fingerprint density at radius 3 is 2.03 bits per heavy atom. The van der Waals surface area contributed by atoms with Crippen molar-refractivity contribution in [3.63, 3.8) is 0 Å². The molecule has 0 aliphatic rings. The highest BCUT2D eigenvalue weighted by Gasteiger charge is 2.05. The molecule has 172 valence electrons. The molecule has 5 heteroatoms. The quantitative estimate of drug-likeness (QED) is 0.194. The topological polar surface area (TPSA) is 64.6 Å². The van der Waals surface area contributed by atoms with Crippen molar-refractivity contribution >= 4 is 17.6 Å². The van der Waals surface area contributed by atoms with Crippen molar-refractivity contribution in [1.82, 2.24) is 0 Å². The summed E-state index contributed by atoms with van der Waals surface area (Å²) in [6, 6.07) is 7.37. The summed E-state index contributed by atoms with van der Waals surface area (Å²) in [5.41, 5.74) is 1.58. The van der Waals surface area contributed by atoms with E-state index in [0.29, 0.717) is 18.6 Å². The fourth-order valence-corrected chi connectivity index (χ4v) is 3.17. The predicted molar refractivity (Wildman–Crippen MR) is 126 cm³/mol. The highest BCUT2D eigenvalue weighted by atomic mass is 16.5. The number of ether oxygens (including phenoxy) is 2. The van der Waals surface area contributed by atoms with Crippen LogP contribution >= 0.6 is 0 Å². The Hall–Kier alpha value is -2.48. The Kier molecular flexibility index (Phi) is 15.7. The fourth-order valence-electron chi connectivity index (χ4n) is 3.17. The second-order valence-corrected chi connectivity index (χ2v) is 7.59. The number of carbonyl (C=O) groups excluding carboxylic acids is 2. The van der Waals surface area contributed by atoms with E-state index in [1.54, 1.807) is 19.1 Å². The van der Waals surface area contributed by atoms with Gasteiger partial charge in [-0.3, -0.25) is 4.79 Å². The van der Waals surface area contributed by atoms with Gasteiger partial charge in [-0.15, -0.1) is 11.8 Å². The largest absolute Gasteiger partial charge is 0.469 e. The highest BCUT2D eigenvalue weighted by molar-refractivity contribution is 5.89. The maximum absolute atomic E-state index is 11.6. The zero-order valence-electron chi connectivity index (χ0n) is 19.3. The van der Waals surface area contributed by atoms with Crippen LogP contribution in [0.1, 0.15) is 94.3 Å². The number of anilines is 1. The number of esters is 2. The number of carbonyl (C=O) groups is 2. The summed E-state index contributed by atoms with van der Waals surface area (Å²) in [7, 11) is 1.45. The van der Waals surface area contributed by atoms with E-state index in [1.807, 2.05) is 12.1 Å². The van der Waals surface area contributed by atoms with E-state index < -0.39 is 0 Å². The number of nitrogens with one attached hydrogen (secondary N) is 1. The van der Waals surface area contributed by atoms with Gasteiger partial charge >= 0.3 is 11.9 Å². The Morgan fingerprint density at radius 2 is 1.42 bits per heavy atom. The molecular weight excluding hydrogens is 390 g/mol. The molecule has 0 aliphatic heterocycles. The second-order valence-electron chi connectivity index (χ2n) is 7.59. The monoisotopic (exact) mass is 429 g/mol. The Morgan fingerprint density at radius 1 is 0.839 bits per heavy atom. The van der Waals surface area contributed by atoms with Crippen LogP contribution in [0.15, 0.2) is 24.3 Å². The summed E-state index contributed by atoms with van der Waals surface area (Å²) < 4.78 is 9.62. The molecule has 0 aromatic heterocycles. The van der Waals surface area contributed by atoms with E-state index in [9.17, 15) is 9.59 Å². The van der Waals surface area contributed by atoms with Gasteiger partial charge in [-0.2, -0.15) is 0 Å². The van der Waals surface area contributed by atoms with E-state index in [-0.39, 0.29) is 11.9 Å². The van der Waals surface area contributed by atoms with Gasteiger partial charge in [0.1, 0.15) is 0 Å². The Labute approximate surface area is 188 Å². The number of methoxy groups -OCH3 is 1. The van der Waals surface area contributed by atoms with Crippen LogP contribution in [-0.4, -0.2) is 32.2 Å². The summed E-state index contributed by atoms with van der Waals surface area (Å²) in [6.07, 6.45) is 13.0. The molecule has 0 spiro atoms. The Balaban J connectivity index is 1.92. The van der Waals surface area contributed by atoms with E-state index in [2.05, 4.69) is 21.9 Å². The zero-order valence-corrected chi connectivity index (χ0v) is 19.3. The van der Waals surface area contributed by atoms with Crippen LogP contribution in [0, 0.1) is 11.8 Å². The number of unbranched alkanes of at least 4 members (excludes halogenated alkanes) is 9. The maximum atomic E-state index is 11.6. The molecule has 0 saturated heterocycles. The fraction of sp³-hybridized carbons (Fsp3) is 0.615. The molecular formula is C26H39NO4. The minimum atomic E-state index is -0.281. The van der Waals surface area contributed by atoms with Gasteiger partial charge in [-0.25, -0.2) is 4.79 Å². The van der Waals surface area contributed by atoms with Crippen LogP contribution in [0.5, 0.6) is 0 Å². The minimum Gasteiger partial charge on any atom is -0.469 e. The smallest absolute Gasteiger partial charge is 0.338 e. The lowest BCUT2D eigenvalue weighted by Gasteiger charge is -2.06. The number of hydrogen-bond acceptors (Lipinski definition) is 5. The maximum Gasteiger partial charge on any atom is 0.338 e. The SMILES string of the molecule is CCOC(=O)c1ccc(NCCCC#CCCCCCCCCCCC(=O)OC)cc1. The molecule has 0 saturated carbocycles. The summed E-state index contributed by atoms with van der Waals surface area (Å²) in [5, 5.41) is 3.35. The van der Waals surface area contributed by atoms with Crippen LogP contribution in [-0.2, 0) is 14.3 Å². The van der Waals surface area contributed by atoms with E-state index in [1.165, 1.54) is 45.6 Å². The molecule has 0 radical (unpaired) electrons. The summed E-state index contributed by atoms with van der Waals surface area (Å²) in [4.78, 5) is 22.6. The number of benzene rings is 1. The number of hydrogen-bond donors (Lipinski definition) is 1. The Bertz CT molecular complexity index is 673. The lowest BCUT2D eigenvalue weighted by atomic mass is 10.1. The predicted octanol–water partition coefficient (Wildman–Crippen LogP) is 6.13. The first-order valence-electron chi connectivity index (χ1n) is 11.7. The molecule has 1 aromatic carbocycles. The average molecular weight is 430 g/mol. The molecule has 0 bridgehead atoms. The molecule has 31 heavy (non-hydrogen) atoms. The molecule has 1 rings (SSSR count). The third-order valence-electron chi connectivity index (χ3n) is 4.99. The van der Waals surface area contributed by atoms with Crippen LogP contribution in [0.25, 0.3) is 0 Å². The lowest BCUT2D eigenvalue weighted by Crippen LogP contribution is -2.05. The molecule has 1 N–H and O–H groups in total. The zero-order chi connectivity index (χ0) is 22.6. The lowest BCUT2D eigenvalue weighted by molar-refractivity contribution is -0.140. The van der Waals surface area contributed by atoms with E-state index >= 15 is 0 Å². The molecule has 0 unspecified atom stereocenters.